The molecule has 1 aromatic heterocycles. The lowest BCUT2D eigenvalue weighted by atomic mass is 10.0. The molecule has 0 saturated carbocycles. The molecule has 1 amide bonds. The first kappa shape index (κ1) is 11.1. The Morgan fingerprint density at radius 1 is 0.900 bits per heavy atom. The summed E-state index contributed by atoms with van der Waals surface area (Å²) in [4.78, 5) is 11.4. The lowest BCUT2D eigenvalue weighted by molar-refractivity contribution is 0.100. The summed E-state index contributed by atoms with van der Waals surface area (Å²) in [5.41, 5.74) is 6.47. The smallest absolute Gasteiger partial charge is 0.252 e. The quantitative estimate of drug-likeness (QED) is 0.529. The van der Waals surface area contributed by atoms with Gasteiger partial charge in [0.05, 0.1) is 5.56 Å². The summed E-state index contributed by atoms with van der Waals surface area (Å²) in [5, 5.41) is 5.27. The molecule has 4 rings (SSSR count). The van der Waals surface area contributed by atoms with Crippen LogP contribution in [0, 0.1) is 0 Å². The zero-order valence-corrected chi connectivity index (χ0v) is 10.6. The SMILES string of the molecule is NC(=O)c1coc2cc3cc4ccccc4cc3cc12. The third kappa shape index (κ3) is 1.50. The zero-order chi connectivity index (χ0) is 13.7. The largest absolute Gasteiger partial charge is 0.463 e. The number of carbonyl (C=O) groups is 1. The van der Waals surface area contributed by atoms with Crippen LogP contribution in [-0.4, -0.2) is 5.91 Å². The van der Waals surface area contributed by atoms with Gasteiger partial charge in [-0.3, -0.25) is 4.79 Å². The van der Waals surface area contributed by atoms with Crippen LogP contribution >= 0.6 is 0 Å². The number of primary amides is 1. The summed E-state index contributed by atoms with van der Waals surface area (Å²) in [6, 6.07) is 16.3. The summed E-state index contributed by atoms with van der Waals surface area (Å²) >= 11 is 0. The Hall–Kier alpha value is -2.81. The van der Waals surface area contributed by atoms with Gasteiger partial charge in [-0.1, -0.05) is 24.3 Å². The Labute approximate surface area is 114 Å². The normalized spacial score (nSPS) is 11.4. The molecule has 3 aromatic carbocycles. The van der Waals surface area contributed by atoms with Crippen molar-refractivity contribution in [2.24, 2.45) is 5.73 Å². The summed E-state index contributed by atoms with van der Waals surface area (Å²) in [6.07, 6.45) is 1.42. The van der Waals surface area contributed by atoms with Crippen molar-refractivity contribution in [3.05, 3.63) is 60.4 Å². The predicted molar refractivity (Wildman–Crippen MR) is 79.7 cm³/mol. The minimum Gasteiger partial charge on any atom is -0.463 e. The number of carbonyl (C=O) groups excluding carboxylic acids is 1. The number of nitrogens with two attached hydrogens (primary N) is 1. The van der Waals surface area contributed by atoms with Gasteiger partial charge in [-0.15, -0.1) is 0 Å². The number of amides is 1. The fraction of sp³-hybridized carbons (Fsp3) is 0. The van der Waals surface area contributed by atoms with Crippen LogP contribution in [-0.2, 0) is 0 Å². The lowest BCUT2D eigenvalue weighted by Crippen LogP contribution is -2.09. The van der Waals surface area contributed by atoms with Gasteiger partial charge < -0.3 is 10.2 Å². The number of benzene rings is 3. The first-order valence-corrected chi connectivity index (χ1v) is 6.36. The molecule has 0 fully saturated rings. The van der Waals surface area contributed by atoms with E-state index in [1.165, 1.54) is 17.0 Å². The molecule has 4 aromatic rings. The second kappa shape index (κ2) is 3.84. The van der Waals surface area contributed by atoms with Crippen LogP contribution in [0.1, 0.15) is 10.4 Å². The van der Waals surface area contributed by atoms with Crippen molar-refractivity contribution in [3.63, 3.8) is 0 Å². The fourth-order valence-electron chi connectivity index (χ4n) is 2.66. The molecule has 3 heteroatoms. The van der Waals surface area contributed by atoms with Gasteiger partial charge in [-0.05, 0) is 45.8 Å². The Balaban J connectivity index is 2.14. The topological polar surface area (TPSA) is 56.2 Å². The molecule has 20 heavy (non-hydrogen) atoms. The molecule has 0 unspecified atom stereocenters. The molecule has 0 aliphatic rings. The van der Waals surface area contributed by atoms with Gasteiger partial charge in [0.1, 0.15) is 11.8 Å². The number of fused-ring (bicyclic) bond motifs is 3. The van der Waals surface area contributed by atoms with E-state index in [0.717, 1.165) is 16.2 Å². The van der Waals surface area contributed by atoms with E-state index in [-0.39, 0.29) is 0 Å². The van der Waals surface area contributed by atoms with E-state index in [9.17, 15) is 4.79 Å². The molecule has 1 heterocycles. The highest BCUT2D eigenvalue weighted by Crippen LogP contribution is 2.29. The van der Waals surface area contributed by atoms with Crippen LogP contribution in [0.3, 0.4) is 0 Å². The van der Waals surface area contributed by atoms with E-state index in [4.69, 9.17) is 10.2 Å². The summed E-state index contributed by atoms with van der Waals surface area (Å²) in [5.74, 6) is -0.469. The molecular formula is C17H11NO2. The highest BCUT2D eigenvalue weighted by atomic mass is 16.3. The molecule has 0 saturated heterocycles. The van der Waals surface area contributed by atoms with Crippen molar-refractivity contribution in [2.45, 2.75) is 0 Å². The standard InChI is InChI=1S/C17H11NO2/c18-17(19)15-9-20-16-8-13-6-11-4-2-1-3-10(11)5-12(13)7-14(15)16/h1-9H,(H2,18,19). The fourth-order valence-corrected chi connectivity index (χ4v) is 2.66. The average molecular weight is 261 g/mol. The summed E-state index contributed by atoms with van der Waals surface area (Å²) in [6.45, 7) is 0. The number of hydrogen-bond acceptors (Lipinski definition) is 2. The molecule has 0 bridgehead atoms. The molecule has 2 N–H and O–H groups in total. The van der Waals surface area contributed by atoms with Gasteiger partial charge in [0.2, 0.25) is 0 Å². The van der Waals surface area contributed by atoms with Gasteiger partial charge in [-0.2, -0.15) is 0 Å². The van der Waals surface area contributed by atoms with E-state index in [0.29, 0.717) is 11.1 Å². The van der Waals surface area contributed by atoms with E-state index < -0.39 is 5.91 Å². The van der Waals surface area contributed by atoms with Gasteiger partial charge in [0, 0.05) is 5.39 Å². The predicted octanol–water partition coefficient (Wildman–Crippen LogP) is 3.84. The Bertz CT molecular complexity index is 982. The monoisotopic (exact) mass is 261 g/mol. The maximum Gasteiger partial charge on any atom is 0.252 e. The third-order valence-corrected chi connectivity index (χ3v) is 3.66. The first-order chi connectivity index (χ1) is 9.72. The Morgan fingerprint density at radius 3 is 2.20 bits per heavy atom. The third-order valence-electron chi connectivity index (χ3n) is 3.66. The van der Waals surface area contributed by atoms with Crippen molar-refractivity contribution in [1.29, 1.82) is 0 Å². The van der Waals surface area contributed by atoms with Gasteiger partial charge >= 0.3 is 0 Å². The van der Waals surface area contributed by atoms with Gasteiger partial charge in [0.15, 0.2) is 0 Å². The number of furan rings is 1. The van der Waals surface area contributed by atoms with Crippen LogP contribution in [0.5, 0.6) is 0 Å². The molecule has 0 atom stereocenters. The van der Waals surface area contributed by atoms with Crippen LogP contribution < -0.4 is 5.73 Å². The minimum atomic E-state index is -0.469. The van der Waals surface area contributed by atoms with Gasteiger partial charge in [-0.25, -0.2) is 0 Å². The van der Waals surface area contributed by atoms with E-state index in [1.807, 2.05) is 24.3 Å². The van der Waals surface area contributed by atoms with E-state index in [2.05, 4.69) is 24.3 Å². The molecule has 3 nitrogen and oxygen atoms in total. The molecule has 0 aliphatic carbocycles. The van der Waals surface area contributed by atoms with Crippen molar-refractivity contribution in [1.82, 2.24) is 0 Å². The highest BCUT2D eigenvalue weighted by molar-refractivity contribution is 6.10. The van der Waals surface area contributed by atoms with Crippen LogP contribution in [0.4, 0.5) is 0 Å². The summed E-state index contributed by atoms with van der Waals surface area (Å²) in [7, 11) is 0. The maximum absolute atomic E-state index is 11.4. The molecule has 96 valence electrons. The van der Waals surface area contributed by atoms with Crippen LogP contribution in [0.15, 0.2) is 59.2 Å². The number of hydrogen-bond donors (Lipinski definition) is 1. The maximum atomic E-state index is 11.4. The number of rotatable bonds is 1. The lowest BCUT2D eigenvalue weighted by Gasteiger charge is -2.02. The van der Waals surface area contributed by atoms with Crippen LogP contribution in [0.25, 0.3) is 32.5 Å². The molecular weight excluding hydrogens is 250 g/mol. The second-order valence-electron chi connectivity index (χ2n) is 4.91. The zero-order valence-electron chi connectivity index (χ0n) is 10.6. The van der Waals surface area contributed by atoms with Crippen molar-refractivity contribution in [2.75, 3.05) is 0 Å². The van der Waals surface area contributed by atoms with Gasteiger partial charge in [0.25, 0.3) is 5.91 Å². The Kier molecular flexibility index (Phi) is 2.12. The second-order valence-corrected chi connectivity index (χ2v) is 4.91. The van der Waals surface area contributed by atoms with Crippen molar-refractivity contribution in [3.8, 4) is 0 Å². The van der Waals surface area contributed by atoms with Crippen molar-refractivity contribution >= 4 is 38.4 Å². The molecule has 0 radical (unpaired) electrons. The molecule has 0 aliphatic heterocycles. The van der Waals surface area contributed by atoms with E-state index >= 15 is 0 Å². The first-order valence-electron chi connectivity index (χ1n) is 6.36. The van der Waals surface area contributed by atoms with Crippen molar-refractivity contribution < 1.29 is 9.21 Å². The highest BCUT2D eigenvalue weighted by Gasteiger charge is 2.11. The van der Waals surface area contributed by atoms with Crippen LogP contribution in [0.2, 0.25) is 0 Å². The average Bonchev–Trinajstić information content (AvgIpc) is 2.85. The minimum absolute atomic E-state index is 0.426. The summed E-state index contributed by atoms with van der Waals surface area (Å²) < 4.78 is 5.43. The molecule has 0 spiro atoms. The Morgan fingerprint density at radius 2 is 1.55 bits per heavy atom. The van der Waals surface area contributed by atoms with E-state index in [1.54, 1.807) is 0 Å².